The quantitative estimate of drug-likeness (QED) is 0.0925. The first-order valence-electron chi connectivity index (χ1n) is 9.97. The van der Waals surface area contributed by atoms with E-state index in [9.17, 15) is 14.9 Å². The molecule has 0 bridgehead atoms. The highest BCUT2D eigenvalue weighted by Crippen LogP contribution is 2.36. The zero-order valence-corrected chi connectivity index (χ0v) is 23.0. The lowest BCUT2D eigenvalue weighted by Gasteiger charge is -2.14. The molecule has 0 aromatic heterocycles. The Balaban J connectivity index is 1.62. The number of hydrogen-bond donors (Lipinski definition) is 0. The van der Waals surface area contributed by atoms with Crippen LogP contribution < -0.4 is 9.47 Å². The lowest BCUT2D eigenvalue weighted by molar-refractivity contribution is -0.384. The highest BCUT2D eigenvalue weighted by atomic mass is 127. The van der Waals surface area contributed by atoms with Crippen LogP contribution in [0.25, 0.3) is 6.08 Å². The second kappa shape index (κ2) is 10.9. The van der Waals surface area contributed by atoms with Crippen LogP contribution >= 0.6 is 56.8 Å². The number of ether oxygens (including phenoxy) is 3. The molecule has 0 N–H and O–H groups in total. The third kappa shape index (κ3) is 5.93. The Labute approximate surface area is 232 Å². The van der Waals surface area contributed by atoms with Gasteiger partial charge in [0.1, 0.15) is 6.61 Å². The van der Waals surface area contributed by atoms with Crippen molar-refractivity contribution in [3.05, 3.63) is 99.3 Å². The Morgan fingerprint density at radius 2 is 1.97 bits per heavy atom. The van der Waals surface area contributed by atoms with Crippen LogP contribution in [-0.2, 0) is 16.1 Å². The Kier molecular flexibility index (Phi) is 7.91. The normalized spacial score (nSPS) is 14.0. The molecule has 0 amide bonds. The van der Waals surface area contributed by atoms with E-state index >= 15 is 0 Å². The van der Waals surface area contributed by atoms with Crippen molar-refractivity contribution in [1.82, 2.24) is 0 Å². The van der Waals surface area contributed by atoms with Crippen molar-refractivity contribution in [1.29, 1.82) is 0 Å². The maximum atomic E-state index is 12.4. The van der Waals surface area contributed by atoms with Crippen LogP contribution in [0.3, 0.4) is 0 Å². The highest BCUT2D eigenvalue weighted by Gasteiger charge is 2.27. The van der Waals surface area contributed by atoms with E-state index in [1.165, 1.54) is 31.4 Å². The topological polar surface area (TPSA) is 100 Å². The van der Waals surface area contributed by atoms with E-state index in [1.54, 1.807) is 6.07 Å². The van der Waals surface area contributed by atoms with Crippen molar-refractivity contribution in [3.8, 4) is 11.5 Å². The molecule has 0 saturated carbocycles. The van der Waals surface area contributed by atoms with Crippen molar-refractivity contribution >= 4 is 80.4 Å². The van der Waals surface area contributed by atoms with Gasteiger partial charge in [0, 0.05) is 15.7 Å². The van der Waals surface area contributed by atoms with Gasteiger partial charge >= 0.3 is 5.97 Å². The number of rotatable bonds is 7. The number of nitrogens with zero attached hydrogens (tertiary/aromatic N) is 2. The van der Waals surface area contributed by atoms with E-state index in [2.05, 4.69) is 50.2 Å². The van der Waals surface area contributed by atoms with Crippen LogP contribution in [0.1, 0.15) is 16.7 Å². The third-order valence-electron chi connectivity index (χ3n) is 4.84. The summed E-state index contributed by atoms with van der Waals surface area (Å²) in [6, 6.07) is 15.4. The number of non-ortho nitro benzene ring substituents is 1. The van der Waals surface area contributed by atoms with E-state index in [-0.39, 0.29) is 27.9 Å². The number of hydrogen-bond acceptors (Lipinski definition) is 7. The first kappa shape index (κ1) is 25.4. The van der Waals surface area contributed by atoms with Gasteiger partial charge < -0.3 is 14.2 Å². The van der Waals surface area contributed by atoms with E-state index < -0.39 is 10.9 Å². The number of methoxy groups -OCH3 is 1. The monoisotopic (exact) mass is 716 g/mol. The van der Waals surface area contributed by atoms with Crippen molar-refractivity contribution in [2.24, 2.45) is 4.99 Å². The average Bonchev–Trinajstić information content (AvgIpc) is 3.18. The Morgan fingerprint density at radius 3 is 2.69 bits per heavy atom. The Morgan fingerprint density at radius 1 is 1.17 bits per heavy atom. The zero-order chi connectivity index (χ0) is 25.1. The van der Waals surface area contributed by atoms with Crippen molar-refractivity contribution in [2.45, 2.75) is 6.61 Å². The average molecular weight is 717 g/mol. The summed E-state index contributed by atoms with van der Waals surface area (Å²) in [4.78, 5) is 27.2. The summed E-state index contributed by atoms with van der Waals surface area (Å²) in [7, 11) is 1.53. The molecule has 0 atom stereocenters. The lowest BCUT2D eigenvalue weighted by atomic mass is 10.1. The molecule has 4 rings (SSSR count). The fourth-order valence-corrected chi connectivity index (χ4v) is 4.81. The van der Waals surface area contributed by atoms with Gasteiger partial charge in [-0.2, -0.15) is 0 Å². The number of carbonyl (C=O) groups excluding carboxylic acids is 1. The number of nitro groups is 1. The fraction of sp³-hybridized carbons (Fsp3) is 0.0833. The molecule has 3 aromatic rings. The molecule has 0 fully saturated rings. The van der Waals surface area contributed by atoms with Gasteiger partial charge in [0.2, 0.25) is 5.90 Å². The van der Waals surface area contributed by atoms with Gasteiger partial charge in [-0.05, 0) is 92.7 Å². The van der Waals surface area contributed by atoms with Crippen molar-refractivity contribution < 1.29 is 23.9 Å². The summed E-state index contributed by atoms with van der Waals surface area (Å²) in [6.45, 7) is 0.369. The highest BCUT2D eigenvalue weighted by molar-refractivity contribution is 14.1. The van der Waals surface area contributed by atoms with Crippen LogP contribution in [0, 0.1) is 17.3 Å². The molecule has 8 nitrogen and oxygen atoms in total. The largest absolute Gasteiger partial charge is 0.493 e. The summed E-state index contributed by atoms with van der Waals surface area (Å²) in [6.07, 6.45) is 1.54. The molecule has 35 heavy (non-hydrogen) atoms. The van der Waals surface area contributed by atoms with Gasteiger partial charge in [0.05, 0.1) is 26.2 Å². The second-order valence-corrected chi connectivity index (χ2v) is 10.0. The summed E-state index contributed by atoms with van der Waals surface area (Å²) < 4.78 is 18.7. The molecule has 0 unspecified atom stereocenters. The molecular weight excluding hydrogens is 702 g/mol. The lowest BCUT2D eigenvalue weighted by Crippen LogP contribution is -2.06. The molecular formula is C24H15ClI2N2O6. The minimum atomic E-state index is -0.699. The number of aliphatic imine (C=N–C) groups is 1. The molecule has 178 valence electrons. The predicted octanol–water partition coefficient (Wildman–Crippen LogP) is 6.39. The number of nitro benzene ring substituents is 1. The molecule has 11 heteroatoms. The number of carbonyl (C=O) groups is 1. The zero-order valence-electron chi connectivity index (χ0n) is 18.0. The van der Waals surface area contributed by atoms with Crippen LogP contribution in [-0.4, -0.2) is 23.9 Å². The number of cyclic esters (lactones) is 1. The first-order valence-corrected chi connectivity index (χ1v) is 12.5. The van der Waals surface area contributed by atoms with Crippen molar-refractivity contribution in [2.75, 3.05) is 7.11 Å². The van der Waals surface area contributed by atoms with Crippen LogP contribution in [0.15, 0.2) is 65.3 Å². The summed E-state index contributed by atoms with van der Waals surface area (Å²) in [5.74, 6) is 0.270. The van der Waals surface area contributed by atoms with Crippen LogP contribution in [0.2, 0.25) is 5.02 Å². The van der Waals surface area contributed by atoms with Gasteiger partial charge in [-0.1, -0.05) is 23.7 Å². The number of benzene rings is 3. The first-order chi connectivity index (χ1) is 16.7. The SMILES string of the molecule is COc1cc(/C=C2\N=C(c3cc([N+](=O)[O-])ccc3Cl)OC2=O)cc(I)c1OCc1cccc(I)c1. The van der Waals surface area contributed by atoms with E-state index in [0.29, 0.717) is 23.7 Å². The molecule has 3 aromatic carbocycles. The van der Waals surface area contributed by atoms with Gasteiger partial charge in [0.15, 0.2) is 17.2 Å². The summed E-state index contributed by atoms with van der Waals surface area (Å²) in [5, 5.41) is 11.3. The summed E-state index contributed by atoms with van der Waals surface area (Å²) >= 11 is 10.5. The molecule has 1 aliphatic rings. The third-order valence-corrected chi connectivity index (χ3v) is 6.64. The predicted molar refractivity (Wildman–Crippen MR) is 148 cm³/mol. The van der Waals surface area contributed by atoms with E-state index in [0.717, 1.165) is 12.7 Å². The van der Waals surface area contributed by atoms with Crippen LogP contribution in [0.5, 0.6) is 11.5 Å². The summed E-state index contributed by atoms with van der Waals surface area (Å²) in [5.41, 5.74) is 1.64. The maximum absolute atomic E-state index is 12.4. The number of esters is 1. The second-order valence-electron chi connectivity index (χ2n) is 7.21. The smallest absolute Gasteiger partial charge is 0.363 e. The Hall–Kier alpha value is -2.71. The standard InChI is InChI=1S/C24H15ClI2N2O6/c1-33-21-10-14(8-19(27)22(21)34-12-13-3-2-4-15(26)7-13)9-20-24(30)35-23(28-20)17-11-16(29(31)32)5-6-18(17)25/h2-11H,12H2,1H3/b20-9-. The van der Waals surface area contributed by atoms with Gasteiger partial charge in [-0.25, -0.2) is 9.79 Å². The van der Waals surface area contributed by atoms with Gasteiger partial charge in [-0.15, -0.1) is 0 Å². The van der Waals surface area contributed by atoms with Crippen molar-refractivity contribution in [3.63, 3.8) is 0 Å². The van der Waals surface area contributed by atoms with E-state index in [4.69, 9.17) is 25.8 Å². The molecule has 1 heterocycles. The molecule has 0 spiro atoms. The minimum absolute atomic E-state index is 0.0213. The molecule has 0 aliphatic carbocycles. The maximum Gasteiger partial charge on any atom is 0.363 e. The molecule has 1 aliphatic heterocycles. The fourth-order valence-electron chi connectivity index (χ4n) is 3.22. The van der Waals surface area contributed by atoms with Gasteiger partial charge in [0.25, 0.3) is 5.69 Å². The van der Waals surface area contributed by atoms with Gasteiger partial charge in [-0.3, -0.25) is 10.1 Å². The minimum Gasteiger partial charge on any atom is -0.493 e. The number of halogens is 3. The Bertz CT molecular complexity index is 1410. The van der Waals surface area contributed by atoms with E-state index in [1.807, 2.05) is 30.3 Å². The molecule has 0 saturated heterocycles. The molecule has 0 radical (unpaired) electrons. The van der Waals surface area contributed by atoms with Crippen LogP contribution in [0.4, 0.5) is 5.69 Å².